The molecule has 6 heteroatoms. The molecule has 1 aliphatic rings. The van der Waals surface area contributed by atoms with Gasteiger partial charge < -0.3 is 4.74 Å². The Morgan fingerprint density at radius 1 is 1.32 bits per heavy atom. The lowest BCUT2D eigenvalue weighted by molar-refractivity contribution is 0.0954. The Balaban J connectivity index is 1.83. The largest absolute Gasteiger partial charge is 0.496 e. The van der Waals surface area contributed by atoms with Crippen molar-refractivity contribution in [2.75, 3.05) is 7.11 Å². The van der Waals surface area contributed by atoms with E-state index in [1.807, 2.05) is 18.2 Å². The minimum atomic E-state index is -0.141. The zero-order valence-corrected chi connectivity index (χ0v) is 12.0. The van der Waals surface area contributed by atoms with Crippen LogP contribution in [0.5, 0.6) is 5.75 Å². The van der Waals surface area contributed by atoms with Crippen LogP contribution in [0.15, 0.2) is 36.9 Å². The van der Waals surface area contributed by atoms with Crippen molar-refractivity contribution in [3.05, 3.63) is 53.7 Å². The molecule has 1 N–H and O–H groups in total. The average Bonchev–Trinajstić information content (AvgIpc) is 3.22. The predicted octanol–water partition coefficient (Wildman–Crippen LogP) is 2.07. The van der Waals surface area contributed by atoms with E-state index in [4.69, 9.17) is 4.74 Å². The first-order chi connectivity index (χ1) is 10.8. The van der Waals surface area contributed by atoms with Gasteiger partial charge in [0.05, 0.1) is 12.8 Å². The van der Waals surface area contributed by atoms with E-state index in [0.29, 0.717) is 5.69 Å². The van der Waals surface area contributed by atoms with E-state index in [1.54, 1.807) is 19.5 Å². The lowest BCUT2D eigenvalue weighted by Gasteiger charge is -2.18. The van der Waals surface area contributed by atoms with Crippen LogP contribution in [0.25, 0.3) is 11.3 Å². The number of aromatic amines is 1. The van der Waals surface area contributed by atoms with Crippen molar-refractivity contribution in [1.82, 2.24) is 19.7 Å². The summed E-state index contributed by atoms with van der Waals surface area (Å²) in [6.45, 7) is 0. The third-order valence-corrected chi connectivity index (χ3v) is 4.05. The number of methoxy groups -OCH3 is 1. The van der Waals surface area contributed by atoms with E-state index in [1.165, 1.54) is 10.9 Å². The monoisotopic (exact) mass is 294 g/mol. The second-order valence-corrected chi connectivity index (χ2v) is 5.19. The molecule has 0 bridgehead atoms. The van der Waals surface area contributed by atoms with Crippen molar-refractivity contribution in [2.45, 2.75) is 12.8 Å². The van der Waals surface area contributed by atoms with E-state index in [-0.39, 0.29) is 5.91 Å². The van der Waals surface area contributed by atoms with Crippen molar-refractivity contribution in [3.63, 3.8) is 0 Å². The summed E-state index contributed by atoms with van der Waals surface area (Å²) in [7, 11) is 1.67. The summed E-state index contributed by atoms with van der Waals surface area (Å²) in [5.41, 5.74) is 4.50. The van der Waals surface area contributed by atoms with Crippen molar-refractivity contribution in [2.24, 2.45) is 0 Å². The maximum atomic E-state index is 12.5. The van der Waals surface area contributed by atoms with Gasteiger partial charge >= 0.3 is 0 Å². The van der Waals surface area contributed by atoms with Gasteiger partial charge in [-0.05, 0) is 18.9 Å². The minimum Gasteiger partial charge on any atom is -0.496 e. The molecule has 1 aliphatic carbocycles. The van der Waals surface area contributed by atoms with E-state index in [9.17, 15) is 4.79 Å². The first-order valence-corrected chi connectivity index (χ1v) is 7.05. The summed E-state index contributed by atoms with van der Waals surface area (Å²) in [6.07, 6.45) is 6.30. The van der Waals surface area contributed by atoms with E-state index in [2.05, 4.69) is 15.2 Å². The van der Waals surface area contributed by atoms with Gasteiger partial charge in [-0.25, -0.2) is 4.98 Å². The first-order valence-electron chi connectivity index (χ1n) is 7.05. The van der Waals surface area contributed by atoms with Crippen LogP contribution in [-0.4, -0.2) is 32.8 Å². The molecule has 0 saturated heterocycles. The number of nitrogens with one attached hydrogen (secondary N) is 1. The molecule has 0 fully saturated rings. The van der Waals surface area contributed by atoms with Gasteiger partial charge in [0.1, 0.15) is 17.8 Å². The maximum absolute atomic E-state index is 12.5. The molecule has 0 amide bonds. The Bertz CT molecular complexity index is 849. The van der Waals surface area contributed by atoms with Crippen LogP contribution in [0.1, 0.15) is 21.6 Å². The van der Waals surface area contributed by atoms with Gasteiger partial charge in [-0.3, -0.25) is 14.5 Å². The van der Waals surface area contributed by atoms with E-state index < -0.39 is 0 Å². The highest BCUT2D eigenvalue weighted by molar-refractivity contribution is 5.97. The highest BCUT2D eigenvalue weighted by Gasteiger charge is 2.27. The molecule has 0 saturated carbocycles. The molecule has 0 spiro atoms. The van der Waals surface area contributed by atoms with Gasteiger partial charge in [0.2, 0.25) is 0 Å². The number of aromatic nitrogens is 4. The third kappa shape index (κ3) is 1.77. The number of ether oxygens (including phenoxy) is 1. The summed E-state index contributed by atoms with van der Waals surface area (Å²) in [4.78, 5) is 16.4. The first kappa shape index (κ1) is 12.8. The highest BCUT2D eigenvalue weighted by atomic mass is 16.5. The van der Waals surface area contributed by atoms with Crippen LogP contribution in [0, 0.1) is 0 Å². The Morgan fingerprint density at radius 3 is 2.95 bits per heavy atom. The van der Waals surface area contributed by atoms with Crippen LogP contribution in [0.2, 0.25) is 0 Å². The lowest BCUT2D eigenvalue weighted by Crippen LogP contribution is -2.14. The maximum Gasteiger partial charge on any atom is 0.281 e. The Labute approximate surface area is 126 Å². The zero-order chi connectivity index (χ0) is 15.1. The van der Waals surface area contributed by atoms with Crippen LogP contribution in [-0.2, 0) is 12.8 Å². The summed E-state index contributed by atoms with van der Waals surface area (Å²) >= 11 is 0. The SMILES string of the molecule is COc1cccc2c1CCc1c-2n[nH]c1C(=O)n1ccnc1. The normalized spacial score (nSPS) is 12.6. The van der Waals surface area contributed by atoms with Crippen molar-refractivity contribution < 1.29 is 9.53 Å². The summed E-state index contributed by atoms with van der Waals surface area (Å²) in [5, 5.41) is 7.26. The van der Waals surface area contributed by atoms with E-state index >= 15 is 0 Å². The number of nitrogens with zero attached hydrogens (tertiary/aromatic N) is 3. The number of fused-ring (bicyclic) bond motifs is 3. The molecule has 2 aromatic heterocycles. The number of hydrogen-bond acceptors (Lipinski definition) is 4. The van der Waals surface area contributed by atoms with Crippen LogP contribution in [0.3, 0.4) is 0 Å². The molecule has 2 heterocycles. The number of hydrogen-bond donors (Lipinski definition) is 1. The zero-order valence-electron chi connectivity index (χ0n) is 12.0. The Morgan fingerprint density at radius 2 is 2.18 bits per heavy atom. The van der Waals surface area contributed by atoms with E-state index in [0.717, 1.165) is 41.0 Å². The Hall–Kier alpha value is -2.89. The van der Waals surface area contributed by atoms with Crippen molar-refractivity contribution >= 4 is 5.91 Å². The number of rotatable bonds is 2. The van der Waals surface area contributed by atoms with Crippen LogP contribution >= 0.6 is 0 Å². The molecule has 3 aromatic rings. The minimum absolute atomic E-state index is 0.141. The molecule has 6 nitrogen and oxygen atoms in total. The van der Waals surface area contributed by atoms with Gasteiger partial charge in [-0.15, -0.1) is 0 Å². The molecule has 0 radical (unpaired) electrons. The predicted molar refractivity (Wildman–Crippen MR) is 79.9 cm³/mol. The Kier molecular flexibility index (Phi) is 2.82. The molecule has 1 aromatic carbocycles. The fraction of sp³-hybridized carbons (Fsp3) is 0.188. The topological polar surface area (TPSA) is 72.8 Å². The summed E-state index contributed by atoms with van der Waals surface area (Å²) in [5.74, 6) is 0.728. The summed E-state index contributed by atoms with van der Waals surface area (Å²) < 4.78 is 6.88. The fourth-order valence-corrected chi connectivity index (χ4v) is 3.00. The van der Waals surface area contributed by atoms with Gasteiger partial charge in [0.25, 0.3) is 5.91 Å². The molecule has 0 atom stereocenters. The molecule has 110 valence electrons. The fourth-order valence-electron chi connectivity index (χ4n) is 3.00. The second-order valence-electron chi connectivity index (χ2n) is 5.19. The molecule has 22 heavy (non-hydrogen) atoms. The molecule has 4 rings (SSSR count). The third-order valence-electron chi connectivity index (χ3n) is 4.05. The average molecular weight is 294 g/mol. The number of carbonyl (C=O) groups is 1. The second kappa shape index (κ2) is 4.84. The number of imidazole rings is 1. The highest BCUT2D eigenvalue weighted by Crippen LogP contribution is 2.38. The summed E-state index contributed by atoms with van der Waals surface area (Å²) in [6, 6.07) is 5.91. The standard InChI is InChI=1S/C16H14N4O2/c1-22-13-4-2-3-11-10(13)5-6-12-14(11)18-19-15(12)16(21)20-8-7-17-9-20/h2-4,7-9H,5-6H2,1H3,(H,18,19). The molecular weight excluding hydrogens is 280 g/mol. The molecule has 0 unspecified atom stereocenters. The number of carbonyl (C=O) groups excluding carboxylic acids is 1. The molecular formula is C16H14N4O2. The van der Waals surface area contributed by atoms with Crippen LogP contribution in [0.4, 0.5) is 0 Å². The lowest BCUT2D eigenvalue weighted by atomic mass is 9.88. The number of benzene rings is 1. The van der Waals surface area contributed by atoms with Crippen LogP contribution < -0.4 is 4.74 Å². The quantitative estimate of drug-likeness (QED) is 0.785. The van der Waals surface area contributed by atoms with Crippen molar-refractivity contribution in [3.8, 4) is 17.0 Å². The smallest absolute Gasteiger partial charge is 0.281 e. The number of H-pyrrole nitrogens is 1. The van der Waals surface area contributed by atoms with Gasteiger partial charge in [-0.2, -0.15) is 5.10 Å². The van der Waals surface area contributed by atoms with Gasteiger partial charge in [0.15, 0.2) is 0 Å². The van der Waals surface area contributed by atoms with Gasteiger partial charge in [0, 0.05) is 29.1 Å². The van der Waals surface area contributed by atoms with Crippen molar-refractivity contribution in [1.29, 1.82) is 0 Å². The molecule has 0 aliphatic heterocycles. The van der Waals surface area contributed by atoms with Gasteiger partial charge in [-0.1, -0.05) is 12.1 Å².